The molecule has 1 heterocycles. The van der Waals surface area contributed by atoms with Crippen molar-refractivity contribution in [1.29, 1.82) is 0 Å². The normalized spacial score (nSPS) is 10.3. The second kappa shape index (κ2) is 4.40. The average molecular weight is 222 g/mol. The summed E-state index contributed by atoms with van der Waals surface area (Å²) in [5.74, 6) is 0. The van der Waals surface area contributed by atoms with Gasteiger partial charge in [-0.25, -0.2) is 9.37 Å². The van der Waals surface area contributed by atoms with E-state index < -0.39 is 6.80 Å². The summed E-state index contributed by atoms with van der Waals surface area (Å²) in [5.41, 5.74) is 3.15. The SMILES string of the molecule is Cc1cccc(-c2csc(NCF)n2)c1. The third-order valence-electron chi connectivity index (χ3n) is 2.04. The van der Waals surface area contributed by atoms with E-state index in [1.54, 1.807) is 0 Å². The predicted octanol–water partition coefficient (Wildman–Crippen LogP) is 3.46. The van der Waals surface area contributed by atoms with Gasteiger partial charge in [-0.05, 0) is 13.0 Å². The summed E-state index contributed by atoms with van der Waals surface area (Å²) in [6.07, 6.45) is 0. The monoisotopic (exact) mass is 222 g/mol. The number of alkyl halides is 1. The van der Waals surface area contributed by atoms with E-state index in [-0.39, 0.29) is 0 Å². The molecule has 1 N–H and O–H groups in total. The summed E-state index contributed by atoms with van der Waals surface area (Å²) in [6.45, 7) is 1.46. The van der Waals surface area contributed by atoms with Crippen LogP contribution in [0.1, 0.15) is 5.56 Å². The summed E-state index contributed by atoms with van der Waals surface area (Å²) in [6, 6.07) is 8.10. The molecule has 0 saturated heterocycles. The Hall–Kier alpha value is -1.42. The number of hydrogen-bond donors (Lipinski definition) is 1. The summed E-state index contributed by atoms with van der Waals surface area (Å²) in [4.78, 5) is 4.28. The second-order valence-corrected chi connectivity index (χ2v) is 4.08. The second-order valence-electron chi connectivity index (χ2n) is 3.22. The highest BCUT2D eigenvalue weighted by molar-refractivity contribution is 7.14. The van der Waals surface area contributed by atoms with Gasteiger partial charge < -0.3 is 5.32 Å². The summed E-state index contributed by atoms with van der Waals surface area (Å²) < 4.78 is 12.0. The Bertz CT molecular complexity index is 453. The van der Waals surface area contributed by atoms with E-state index >= 15 is 0 Å². The molecule has 0 amide bonds. The third-order valence-corrected chi connectivity index (χ3v) is 2.84. The van der Waals surface area contributed by atoms with E-state index in [1.807, 2.05) is 30.5 Å². The predicted molar refractivity (Wildman–Crippen MR) is 61.9 cm³/mol. The van der Waals surface area contributed by atoms with Crippen molar-refractivity contribution in [1.82, 2.24) is 4.98 Å². The molecule has 0 aliphatic rings. The maximum absolute atomic E-state index is 12.0. The van der Waals surface area contributed by atoms with Crippen LogP contribution in [0.15, 0.2) is 29.6 Å². The Kier molecular flexibility index (Phi) is 2.97. The lowest BCUT2D eigenvalue weighted by Crippen LogP contribution is -1.93. The Morgan fingerprint density at radius 2 is 2.33 bits per heavy atom. The molecule has 0 aliphatic heterocycles. The zero-order valence-electron chi connectivity index (χ0n) is 8.33. The maximum atomic E-state index is 12.0. The minimum absolute atomic E-state index is 0.583. The lowest BCUT2D eigenvalue weighted by molar-refractivity contribution is 0.536. The molecular weight excluding hydrogens is 211 g/mol. The van der Waals surface area contributed by atoms with Crippen LogP contribution >= 0.6 is 11.3 Å². The van der Waals surface area contributed by atoms with Crippen molar-refractivity contribution in [2.75, 3.05) is 12.1 Å². The molecule has 2 nitrogen and oxygen atoms in total. The third kappa shape index (κ3) is 2.33. The zero-order valence-corrected chi connectivity index (χ0v) is 9.14. The molecule has 0 bridgehead atoms. The van der Waals surface area contributed by atoms with Crippen molar-refractivity contribution >= 4 is 16.5 Å². The number of nitrogens with zero attached hydrogens (tertiary/aromatic N) is 1. The highest BCUT2D eigenvalue weighted by atomic mass is 32.1. The number of halogens is 1. The topological polar surface area (TPSA) is 24.9 Å². The van der Waals surface area contributed by atoms with Gasteiger partial charge in [0, 0.05) is 10.9 Å². The van der Waals surface area contributed by atoms with Gasteiger partial charge in [-0.1, -0.05) is 23.8 Å². The van der Waals surface area contributed by atoms with Gasteiger partial charge in [0.25, 0.3) is 0 Å². The van der Waals surface area contributed by atoms with E-state index in [0.717, 1.165) is 11.3 Å². The van der Waals surface area contributed by atoms with Gasteiger partial charge in [0.05, 0.1) is 5.69 Å². The molecule has 0 saturated carbocycles. The molecular formula is C11H11FN2S. The standard InChI is InChI=1S/C11H11FN2S/c1-8-3-2-4-9(5-8)10-6-15-11(14-10)13-7-12/h2-6H,7H2,1H3,(H,13,14). The number of aryl methyl sites for hydroxylation is 1. The number of thiazole rings is 1. The summed E-state index contributed by atoms with van der Waals surface area (Å²) in [5, 5.41) is 5.10. The van der Waals surface area contributed by atoms with Crippen LogP contribution in [0, 0.1) is 6.92 Å². The molecule has 15 heavy (non-hydrogen) atoms. The lowest BCUT2D eigenvalue weighted by atomic mass is 10.1. The van der Waals surface area contributed by atoms with Gasteiger partial charge in [-0.15, -0.1) is 11.3 Å². The van der Waals surface area contributed by atoms with Gasteiger partial charge >= 0.3 is 0 Å². The summed E-state index contributed by atoms with van der Waals surface area (Å²) >= 11 is 1.41. The van der Waals surface area contributed by atoms with Crippen molar-refractivity contribution in [3.05, 3.63) is 35.2 Å². The van der Waals surface area contributed by atoms with Gasteiger partial charge in [-0.3, -0.25) is 0 Å². The van der Waals surface area contributed by atoms with Gasteiger partial charge in [0.1, 0.15) is 0 Å². The Morgan fingerprint density at radius 1 is 1.47 bits per heavy atom. The van der Waals surface area contributed by atoms with Crippen LogP contribution in [0.3, 0.4) is 0 Å². The van der Waals surface area contributed by atoms with E-state index in [1.165, 1.54) is 16.9 Å². The molecule has 78 valence electrons. The Morgan fingerprint density at radius 3 is 3.07 bits per heavy atom. The molecule has 0 radical (unpaired) electrons. The van der Waals surface area contributed by atoms with Crippen LogP contribution < -0.4 is 5.32 Å². The van der Waals surface area contributed by atoms with Gasteiger partial charge in [0.2, 0.25) is 0 Å². The van der Waals surface area contributed by atoms with Crippen molar-refractivity contribution in [2.24, 2.45) is 0 Å². The molecule has 2 aromatic rings. The number of anilines is 1. The fraction of sp³-hybridized carbons (Fsp3) is 0.182. The van der Waals surface area contributed by atoms with Crippen molar-refractivity contribution in [2.45, 2.75) is 6.92 Å². The smallest absolute Gasteiger partial charge is 0.185 e. The highest BCUT2D eigenvalue weighted by Crippen LogP contribution is 2.25. The molecule has 0 atom stereocenters. The molecule has 0 unspecified atom stereocenters. The minimum Gasteiger partial charge on any atom is -0.334 e. The van der Waals surface area contributed by atoms with Crippen molar-refractivity contribution < 1.29 is 4.39 Å². The quantitative estimate of drug-likeness (QED) is 0.804. The van der Waals surface area contributed by atoms with Gasteiger partial charge in [0.15, 0.2) is 11.9 Å². The highest BCUT2D eigenvalue weighted by Gasteiger charge is 2.03. The van der Waals surface area contributed by atoms with Crippen LogP contribution in [-0.4, -0.2) is 11.8 Å². The Labute approximate surface area is 91.8 Å². The first-order valence-corrected chi connectivity index (χ1v) is 5.50. The van der Waals surface area contributed by atoms with E-state index in [4.69, 9.17) is 0 Å². The number of benzene rings is 1. The fourth-order valence-electron chi connectivity index (χ4n) is 1.35. The summed E-state index contributed by atoms with van der Waals surface area (Å²) in [7, 11) is 0. The number of hydrogen-bond acceptors (Lipinski definition) is 3. The van der Waals surface area contributed by atoms with E-state index in [9.17, 15) is 4.39 Å². The fourth-order valence-corrected chi connectivity index (χ4v) is 2.05. The molecule has 0 aliphatic carbocycles. The molecule has 0 fully saturated rings. The average Bonchev–Trinajstić information content (AvgIpc) is 2.67. The maximum Gasteiger partial charge on any atom is 0.185 e. The number of aromatic nitrogens is 1. The molecule has 0 spiro atoms. The van der Waals surface area contributed by atoms with E-state index in [0.29, 0.717) is 5.13 Å². The number of nitrogens with one attached hydrogen (secondary N) is 1. The van der Waals surface area contributed by atoms with Crippen molar-refractivity contribution in [3.8, 4) is 11.3 Å². The van der Waals surface area contributed by atoms with Crippen LogP contribution in [0.5, 0.6) is 0 Å². The van der Waals surface area contributed by atoms with Crippen LogP contribution in [0.4, 0.5) is 9.52 Å². The number of rotatable bonds is 3. The first-order chi connectivity index (χ1) is 7.29. The van der Waals surface area contributed by atoms with Crippen LogP contribution in [0.25, 0.3) is 11.3 Å². The Balaban J connectivity index is 2.29. The molecule has 1 aromatic heterocycles. The van der Waals surface area contributed by atoms with Crippen molar-refractivity contribution in [3.63, 3.8) is 0 Å². The van der Waals surface area contributed by atoms with Crippen LogP contribution in [0.2, 0.25) is 0 Å². The molecule has 2 rings (SSSR count). The first-order valence-electron chi connectivity index (χ1n) is 4.62. The molecule has 4 heteroatoms. The largest absolute Gasteiger partial charge is 0.334 e. The zero-order chi connectivity index (χ0) is 10.7. The first kappa shape index (κ1) is 10.1. The molecule has 1 aromatic carbocycles. The minimum atomic E-state index is -0.583. The lowest BCUT2D eigenvalue weighted by Gasteiger charge is -1.97. The van der Waals surface area contributed by atoms with Gasteiger partial charge in [-0.2, -0.15) is 0 Å². The van der Waals surface area contributed by atoms with E-state index in [2.05, 4.69) is 16.4 Å². The van der Waals surface area contributed by atoms with Crippen LogP contribution in [-0.2, 0) is 0 Å².